The smallest absolute Gasteiger partial charge is 0.260 e. The van der Waals surface area contributed by atoms with E-state index in [2.05, 4.69) is 21.9 Å². The minimum Gasteiger partial charge on any atom is -0.322 e. The average Bonchev–Trinajstić information content (AvgIpc) is 2.80. The normalized spacial score (nSPS) is 10.7. The second-order valence-electron chi connectivity index (χ2n) is 6.85. The van der Waals surface area contributed by atoms with Crippen molar-refractivity contribution in [3.05, 3.63) is 101 Å². The van der Waals surface area contributed by atoms with E-state index in [0.717, 1.165) is 10.9 Å². The molecule has 0 atom stereocenters. The highest BCUT2D eigenvalue weighted by atomic mass is 32.2. The third-order valence-corrected chi connectivity index (χ3v) is 5.33. The Hall–Kier alpha value is -3.71. The fraction of sp³-hybridized carbons (Fsp3) is 0.0833. The summed E-state index contributed by atoms with van der Waals surface area (Å²) in [4.78, 5) is 34.3. The summed E-state index contributed by atoms with van der Waals surface area (Å²) in [6, 6.07) is 18.8. The molecule has 6 nitrogen and oxygen atoms in total. The lowest BCUT2D eigenvalue weighted by Crippen LogP contribution is -2.24. The topological polar surface area (TPSA) is 76.9 Å². The Morgan fingerprint density at radius 1 is 1.16 bits per heavy atom. The molecule has 0 spiro atoms. The second-order valence-corrected chi connectivity index (χ2v) is 7.63. The lowest BCUT2D eigenvalue weighted by Gasteiger charge is -2.14. The zero-order chi connectivity index (χ0) is 21.8. The van der Waals surface area contributed by atoms with Crippen LogP contribution in [0.3, 0.4) is 0 Å². The summed E-state index contributed by atoms with van der Waals surface area (Å²) >= 11 is 1.41. The van der Waals surface area contributed by atoms with Crippen LogP contribution >= 0.6 is 11.8 Å². The van der Waals surface area contributed by atoms with Crippen molar-refractivity contribution in [3.8, 4) is 5.69 Å². The first-order chi connectivity index (χ1) is 15.1. The molecule has 7 heteroatoms. The van der Waals surface area contributed by atoms with Gasteiger partial charge in [-0.1, -0.05) is 54.7 Å². The minimum atomic E-state index is -0.320. The number of nitrogens with one attached hydrogen (secondary N) is 1. The van der Waals surface area contributed by atoms with Crippen LogP contribution in [0.1, 0.15) is 11.1 Å². The first-order valence-corrected chi connectivity index (χ1v) is 10.8. The Bertz CT molecular complexity index is 1330. The van der Waals surface area contributed by atoms with Crippen molar-refractivity contribution in [1.29, 1.82) is 0 Å². The van der Waals surface area contributed by atoms with E-state index in [1.807, 2.05) is 48.7 Å². The summed E-state index contributed by atoms with van der Waals surface area (Å²) in [7, 11) is 0. The molecule has 31 heavy (non-hydrogen) atoms. The maximum absolute atomic E-state index is 13.6. The van der Waals surface area contributed by atoms with Crippen molar-refractivity contribution in [2.45, 2.75) is 11.6 Å². The quantitative estimate of drug-likeness (QED) is 0.283. The first-order valence-electron chi connectivity index (χ1n) is 9.62. The fourth-order valence-electron chi connectivity index (χ4n) is 3.33. The van der Waals surface area contributed by atoms with Gasteiger partial charge in [-0.15, -0.1) is 0 Å². The van der Waals surface area contributed by atoms with Gasteiger partial charge in [0.2, 0.25) is 5.91 Å². The van der Waals surface area contributed by atoms with E-state index >= 15 is 0 Å². The minimum absolute atomic E-state index is 0.158. The summed E-state index contributed by atoms with van der Waals surface area (Å²) in [5.41, 5.74) is 3.22. The lowest BCUT2D eigenvalue weighted by molar-refractivity contribution is -0.111. The number of thioether (sulfide) groups is 1. The molecule has 2 aromatic carbocycles. The monoisotopic (exact) mass is 428 g/mol. The van der Waals surface area contributed by atoms with Gasteiger partial charge in [0.25, 0.3) is 5.56 Å². The van der Waals surface area contributed by atoms with E-state index in [0.29, 0.717) is 34.2 Å². The molecule has 0 fully saturated rings. The molecule has 1 N–H and O–H groups in total. The van der Waals surface area contributed by atoms with Crippen molar-refractivity contribution in [2.75, 3.05) is 11.6 Å². The van der Waals surface area contributed by atoms with E-state index in [1.165, 1.54) is 17.8 Å². The molecule has 0 saturated heterocycles. The number of carbonyl (C=O) groups is 1. The number of anilines is 1. The van der Waals surface area contributed by atoms with Crippen molar-refractivity contribution >= 4 is 34.4 Å². The van der Waals surface area contributed by atoms with Crippen molar-refractivity contribution < 1.29 is 4.79 Å². The third-order valence-electron chi connectivity index (χ3n) is 4.77. The first kappa shape index (κ1) is 20.6. The molecule has 1 amide bonds. The van der Waals surface area contributed by atoms with Crippen LogP contribution in [-0.4, -0.2) is 26.7 Å². The summed E-state index contributed by atoms with van der Waals surface area (Å²) in [6.45, 7) is 3.48. The standard InChI is InChI=1S/C24H20N4O2S/c1-3-21(29)26-19-10-7-11-20(14-19)28-22-18(15-25-24(27-22)31-2)13-17(23(28)30)12-16-8-5-4-6-9-16/h3-11,13-15H,1,12H2,2H3,(H,26,29). The van der Waals surface area contributed by atoms with Gasteiger partial charge in [-0.2, -0.15) is 0 Å². The van der Waals surface area contributed by atoms with Crippen LogP contribution in [0.25, 0.3) is 16.7 Å². The Morgan fingerprint density at radius 3 is 2.71 bits per heavy atom. The Balaban J connectivity index is 1.92. The Kier molecular flexibility index (Phi) is 5.95. The van der Waals surface area contributed by atoms with Gasteiger partial charge in [0.1, 0.15) is 0 Å². The van der Waals surface area contributed by atoms with Gasteiger partial charge < -0.3 is 5.32 Å². The summed E-state index contributed by atoms with van der Waals surface area (Å²) in [6.07, 6.45) is 5.32. The molecule has 0 aliphatic carbocycles. The molecule has 4 aromatic rings. The molecular weight excluding hydrogens is 408 g/mol. The van der Waals surface area contributed by atoms with Gasteiger partial charge in [-0.05, 0) is 42.2 Å². The number of pyridine rings is 1. The second kappa shape index (κ2) is 8.97. The SMILES string of the molecule is C=CC(=O)Nc1cccc(-n2c(=O)c(Cc3ccccc3)cc3cnc(SC)nc32)c1. The van der Waals surface area contributed by atoms with Crippen LogP contribution in [-0.2, 0) is 11.2 Å². The number of fused-ring (bicyclic) bond motifs is 1. The number of rotatable bonds is 6. The van der Waals surface area contributed by atoms with E-state index in [9.17, 15) is 9.59 Å². The zero-order valence-electron chi connectivity index (χ0n) is 16.9. The summed E-state index contributed by atoms with van der Waals surface area (Å²) in [5.74, 6) is -0.320. The summed E-state index contributed by atoms with van der Waals surface area (Å²) in [5, 5.41) is 4.08. The zero-order valence-corrected chi connectivity index (χ0v) is 17.7. The Labute approximate surface area is 183 Å². The van der Waals surface area contributed by atoms with E-state index in [1.54, 1.807) is 29.0 Å². The molecule has 4 rings (SSSR count). The predicted octanol–water partition coefficient (Wildman–Crippen LogP) is 4.22. The van der Waals surface area contributed by atoms with Gasteiger partial charge in [-0.25, -0.2) is 9.97 Å². The van der Waals surface area contributed by atoms with Gasteiger partial charge in [0.05, 0.1) is 5.69 Å². The van der Waals surface area contributed by atoms with Crippen molar-refractivity contribution in [2.24, 2.45) is 0 Å². The fourth-order valence-corrected chi connectivity index (χ4v) is 3.67. The molecule has 0 aliphatic rings. The van der Waals surface area contributed by atoms with Gasteiger partial charge in [-0.3, -0.25) is 14.2 Å². The highest BCUT2D eigenvalue weighted by molar-refractivity contribution is 7.98. The third kappa shape index (κ3) is 4.41. The van der Waals surface area contributed by atoms with E-state index < -0.39 is 0 Å². The predicted molar refractivity (Wildman–Crippen MR) is 125 cm³/mol. The van der Waals surface area contributed by atoms with Crippen molar-refractivity contribution in [1.82, 2.24) is 14.5 Å². The van der Waals surface area contributed by atoms with Gasteiger partial charge >= 0.3 is 0 Å². The van der Waals surface area contributed by atoms with Crippen LogP contribution in [0.2, 0.25) is 0 Å². The maximum Gasteiger partial charge on any atom is 0.260 e. The van der Waals surface area contributed by atoms with E-state index in [4.69, 9.17) is 0 Å². The number of carbonyl (C=O) groups excluding carboxylic acids is 1. The van der Waals surface area contributed by atoms with Crippen LogP contribution in [0.5, 0.6) is 0 Å². The molecule has 0 unspecified atom stereocenters. The highest BCUT2D eigenvalue weighted by Gasteiger charge is 2.14. The van der Waals surface area contributed by atoms with Gasteiger partial charge in [0.15, 0.2) is 10.8 Å². The van der Waals surface area contributed by atoms with Crippen molar-refractivity contribution in [3.63, 3.8) is 0 Å². The van der Waals surface area contributed by atoms with Crippen LogP contribution in [0, 0.1) is 0 Å². The van der Waals surface area contributed by atoms with Crippen LogP contribution < -0.4 is 10.9 Å². The average molecular weight is 429 g/mol. The number of hydrogen-bond donors (Lipinski definition) is 1. The Morgan fingerprint density at radius 2 is 1.97 bits per heavy atom. The summed E-state index contributed by atoms with van der Waals surface area (Å²) < 4.78 is 1.58. The molecule has 0 saturated carbocycles. The van der Waals surface area contributed by atoms with E-state index in [-0.39, 0.29) is 11.5 Å². The number of nitrogens with zero attached hydrogens (tertiary/aromatic N) is 3. The number of benzene rings is 2. The highest BCUT2D eigenvalue weighted by Crippen LogP contribution is 2.21. The molecular formula is C24H20N4O2S. The molecule has 0 radical (unpaired) electrons. The molecule has 154 valence electrons. The molecule has 0 bridgehead atoms. The maximum atomic E-state index is 13.6. The molecule has 2 heterocycles. The van der Waals surface area contributed by atoms with Crippen LogP contribution in [0.15, 0.2) is 89.5 Å². The molecule has 2 aromatic heterocycles. The number of amides is 1. The van der Waals surface area contributed by atoms with Gasteiger partial charge in [0, 0.05) is 29.3 Å². The van der Waals surface area contributed by atoms with Crippen LogP contribution in [0.4, 0.5) is 5.69 Å². The number of hydrogen-bond acceptors (Lipinski definition) is 5. The number of aromatic nitrogens is 3. The largest absolute Gasteiger partial charge is 0.322 e. The lowest BCUT2D eigenvalue weighted by atomic mass is 10.1. The molecule has 0 aliphatic heterocycles.